The lowest BCUT2D eigenvalue weighted by molar-refractivity contribution is 0.0511. The van der Waals surface area contributed by atoms with E-state index >= 15 is 0 Å². The number of esters is 1. The summed E-state index contributed by atoms with van der Waals surface area (Å²) in [7, 11) is 0. The van der Waals surface area contributed by atoms with E-state index in [2.05, 4.69) is 29.2 Å². The smallest absolute Gasteiger partial charge is 0.356 e. The number of carbonyl (C=O) groups is 1. The van der Waals surface area contributed by atoms with Crippen molar-refractivity contribution in [2.24, 2.45) is 0 Å². The van der Waals surface area contributed by atoms with Crippen molar-refractivity contribution in [2.75, 3.05) is 6.61 Å². The maximum atomic E-state index is 11.9. The third kappa shape index (κ3) is 2.14. The summed E-state index contributed by atoms with van der Waals surface area (Å²) in [5.41, 5.74) is 3.26. The number of ether oxygens (including phenoxy) is 1. The first-order chi connectivity index (χ1) is 9.29. The molecule has 3 rings (SSSR count). The minimum Gasteiger partial charge on any atom is -0.461 e. The molecule has 19 heavy (non-hydrogen) atoms. The van der Waals surface area contributed by atoms with Gasteiger partial charge in [0.05, 0.1) is 19.1 Å². The van der Waals surface area contributed by atoms with Gasteiger partial charge < -0.3 is 9.30 Å². The Kier molecular flexibility index (Phi) is 3.07. The Balaban J connectivity index is 1.86. The Hall–Kier alpha value is -2.10. The number of hydrogen-bond donors (Lipinski definition) is 0. The van der Waals surface area contributed by atoms with E-state index in [9.17, 15) is 4.79 Å². The molecule has 0 radical (unpaired) electrons. The normalized spacial score (nSPS) is 14.4. The molecule has 0 saturated heterocycles. The van der Waals surface area contributed by atoms with Crippen molar-refractivity contribution in [1.29, 1.82) is 0 Å². The lowest BCUT2D eigenvalue weighted by Crippen LogP contribution is -2.16. The molecule has 1 aromatic carbocycles. The number of nitrogens with zero attached hydrogens (tertiary/aromatic N) is 2. The van der Waals surface area contributed by atoms with Gasteiger partial charge in [0.2, 0.25) is 0 Å². The molecule has 0 aliphatic heterocycles. The van der Waals surface area contributed by atoms with E-state index in [0.29, 0.717) is 12.3 Å². The van der Waals surface area contributed by atoms with Crippen LogP contribution in [0.4, 0.5) is 0 Å². The molecule has 0 atom stereocenters. The van der Waals surface area contributed by atoms with Crippen LogP contribution in [0.3, 0.4) is 0 Å². The molecule has 0 saturated carbocycles. The van der Waals surface area contributed by atoms with Crippen molar-refractivity contribution in [3.63, 3.8) is 0 Å². The SMILES string of the molecule is CCOC(=O)c1cncn1C1Cc2ccccc2C1. The van der Waals surface area contributed by atoms with Crippen LogP contribution >= 0.6 is 0 Å². The summed E-state index contributed by atoms with van der Waals surface area (Å²) >= 11 is 0. The van der Waals surface area contributed by atoms with Crippen molar-refractivity contribution in [3.8, 4) is 0 Å². The molecule has 2 aromatic rings. The molecule has 1 heterocycles. The van der Waals surface area contributed by atoms with Gasteiger partial charge in [-0.2, -0.15) is 0 Å². The van der Waals surface area contributed by atoms with E-state index in [1.54, 1.807) is 12.5 Å². The van der Waals surface area contributed by atoms with E-state index < -0.39 is 0 Å². The molecule has 0 unspecified atom stereocenters. The summed E-state index contributed by atoms with van der Waals surface area (Å²) in [6.07, 6.45) is 5.20. The standard InChI is InChI=1S/C15H16N2O2/c1-2-19-15(18)14-9-16-10-17(14)13-7-11-5-3-4-6-12(11)8-13/h3-6,9-10,13H,2,7-8H2,1H3. The van der Waals surface area contributed by atoms with E-state index in [4.69, 9.17) is 4.74 Å². The quantitative estimate of drug-likeness (QED) is 0.792. The molecule has 0 fully saturated rings. The van der Waals surface area contributed by atoms with Gasteiger partial charge in [-0.15, -0.1) is 0 Å². The Morgan fingerprint density at radius 1 is 1.37 bits per heavy atom. The monoisotopic (exact) mass is 256 g/mol. The molecule has 0 spiro atoms. The van der Waals surface area contributed by atoms with E-state index in [-0.39, 0.29) is 12.0 Å². The van der Waals surface area contributed by atoms with E-state index in [1.165, 1.54) is 11.1 Å². The number of hydrogen-bond acceptors (Lipinski definition) is 3. The molecule has 0 N–H and O–H groups in total. The zero-order valence-electron chi connectivity index (χ0n) is 10.9. The first kappa shape index (κ1) is 12.0. The molecule has 1 aliphatic rings. The molecule has 1 aliphatic carbocycles. The van der Waals surface area contributed by atoms with Crippen LogP contribution in [0.25, 0.3) is 0 Å². The fourth-order valence-electron chi connectivity index (χ4n) is 2.69. The zero-order chi connectivity index (χ0) is 13.2. The number of aromatic nitrogens is 2. The van der Waals surface area contributed by atoms with E-state index in [1.807, 2.05) is 11.5 Å². The summed E-state index contributed by atoms with van der Waals surface area (Å²) in [5.74, 6) is -0.295. The van der Waals surface area contributed by atoms with Crippen LogP contribution in [0.1, 0.15) is 34.6 Å². The minimum atomic E-state index is -0.295. The number of rotatable bonds is 3. The molecular weight excluding hydrogens is 240 g/mol. The first-order valence-corrected chi connectivity index (χ1v) is 6.55. The van der Waals surface area contributed by atoms with Gasteiger partial charge >= 0.3 is 5.97 Å². The van der Waals surface area contributed by atoms with Gasteiger partial charge in [0.25, 0.3) is 0 Å². The maximum Gasteiger partial charge on any atom is 0.356 e. The Morgan fingerprint density at radius 3 is 2.68 bits per heavy atom. The van der Waals surface area contributed by atoms with Crippen LogP contribution in [0.15, 0.2) is 36.8 Å². The number of imidazole rings is 1. The lowest BCUT2D eigenvalue weighted by Gasteiger charge is -2.14. The predicted molar refractivity (Wildman–Crippen MR) is 71.1 cm³/mol. The van der Waals surface area contributed by atoms with Crippen LogP contribution in [0.2, 0.25) is 0 Å². The van der Waals surface area contributed by atoms with Crippen LogP contribution in [-0.2, 0) is 17.6 Å². The van der Waals surface area contributed by atoms with Gasteiger partial charge in [0, 0.05) is 6.04 Å². The molecule has 4 heteroatoms. The fourth-order valence-corrected chi connectivity index (χ4v) is 2.69. The van der Waals surface area contributed by atoms with Crippen molar-refractivity contribution < 1.29 is 9.53 Å². The van der Waals surface area contributed by atoms with Crippen molar-refractivity contribution in [3.05, 3.63) is 53.6 Å². The summed E-state index contributed by atoms with van der Waals surface area (Å²) < 4.78 is 7.01. The number of fused-ring (bicyclic) bond motifs is 1. The Labute approximate surface area is 112 Å². The van der Waals surface area contributed by atoms with Crippen LogP contribution in [-0.4, -0.2) is 22.1 Å². The van der Waals surface area contributed by atoms with Crippen molar-refractivity contribution >= 4 is 5.97 Å². The van der Waals surface area contributed by atoms with Gasteiger partial charge in [-0.05, 0) is 30.9 Å². The highest BCUT2D eigenvalue weighted by Gasteiger charge is 2.25. The summed E-state index contributed by atoms with van der Waals surface area (Å²) in [6, 6.07) is 8.68. The average molecular weight is 256 g/mol. The highest BCUT2D eigenvalue weighted by atomic mass is 16.5. The summed E-state index contributed by atoms with van der Waals surface area (Å²) in [5, 5.41) is 0. The van der Waals surface area contributed by atoms with Crippen molar-refractivity contribution in [2.45, 2.75) is 25.8 Å². The topological polar surface area (TPSA) is 44.1 Å². The van der Waals surface area contributed by atoms with E-state index in [0.717, 1.165) is 12.8 Å². The fraction of sp³-hybridized carbons (Fsp3) is 0.333. The summed E-state index contributed by atoms with van der Waals surface area (Å²) in [6.45, 7) is 2.19. The maximum absolute atomic E-state index is 11.9. The molecule has 4 nitrogen and oxygen atoms in total. The lowest BCUT2D eigenvalue weighted by atomic mass is 10.1. The van der Waals surface area contributed by atoms with Crippen LogP contribution < -0.4 is 0 Å². The third-order valence-corrected chi connectivity index (χ3v) is 3.57. The van der Waals surface area contributed by atoms with Gasteiger partial charge in [0.1, 0.15) is 5.69 Å². The molecular formula is C15H16N2O2. The van der Waals surface area contributed by atoms with Gasteiger partial charge in [-0.25, -0.2) is 9.78 Å². The average Bonchev–Trinajstić information content (AvgIpc) is 3.05. The highest BCUT2D eigenvalue weighted by Crippen LogP contribution is 2.30. The second kappa shape index (κ2) is 4.88. The van der Waals surface area contributed by atoms with Crippen LogP contribution in [0, 0.1) is 0 Å². The highest BCUT2D eigenvalue weighted by molar-refractivity contribution is 5.87. The van der Waals surface area contributed by atoms with Gasteiger partial charge in [-0.3, -0.25) is 0 Å². The second-order valence-electron chi connectivity index (χ2n) is 4.74. The Bertz CT molecular complexity index is 579. The largest absolute Gasteiger partial charge is 0.461 e. The van der Waals surface area contributed by atoms with Gasteiger partial charge in [-0.1, -0.05) is 24.3 Å². The number of carbonyl (C=O) groups excluding carboxylic acids is 1. The Morgan fingerprint density at radius 2 is 2.05 bits per heavy atom. The summed E-state index contributed by atoms with van der Waals surface area (Å²) in [4.78, 5) is 16.0. The number of benzene rings is 1. The molecule has 98 valence electrons. The molecule has 0 amide bonds. The van der Waals surface area contributed by atoms with Crippen molar-refractivity contribution in [1.82, 2.24) is 9.55 Å². The molecule has 1 aromatic heterocycles. The molecule has 0 bridgehead atoms. The van der Waals surface area contributed by atoms with Crippen LogP contribution in [0.5, 0.6) is 0 Å². The second-order valence-corrected chi connectivity index (χ2v) is 4.74. The predicted octanol–water partition coefficient (Wildman–Crippen LogP) is 2.40. The zero-order valence-corrected chi connectivity index (χ0v) is 10.9. The first-order valence-electron chi connectivity index (χ1n) is 6.55. The minimum absolute atomic E-state index is 0.263. The van der Waals surface area contributed by atoms with Gasteiger partial charge in [0.15, 0.2) is 0 Å². The third-order valence-electron chi connectivity index (χ3n) is 3.57.